The van der Waals surface area contributed by atoms with Crippen LogP contribution in [0.25, 0.3) is 0 Å². The molecule has 1 aromatic rings. The number of carbonyl (C=O) groups is 2. The summed E-state index contributed by atoms with van der Waals surface area (Å²) in [6.45, 7) is 6.49. The Kier molecular flexibility index (Phi) is 5.72. The lowest BCUT2D eigenvalue weighted by Gasteiger charge is -2.48. The molecule has 2 aliphatic rings. The van der Waals surface area contributed by atoms with Gasteiger partial charge in [0.25, 0.3) is 5.91 Å². The van der Waals surface area contributed by atoms with Crippen molar-refractivity contribution in [3.8, 4) is 0 Å². The zero-order valence-electron chi connectivity index (χ0n) is 16.3. The Morgan fingerprint density at radius 1 is 1.32 bits per heavy atom. The van der Waals surface area contributed by atoms with Crippen molar-refractivity contribution in [1.82, 2.24) is 20.0 Å². The average Bonchev–Trinajstić information content (AvgIpc) is 3.13. The van der Waals surface area contributed by atoms with Crippen molar-refractivity contribution in [3.63, 3.8) is 0 Å². The van der Waals surface area contributed by atoms with Crippen molar-refractivity contribution in [2.45, 2.75) is 52.1 Å². The molecule has 0 radical (unpaired) electrons. The Labute approximate surface area is 162 Å². The van der Waals surface area contributed by atoms with Gasteiger partial charge in [0.15, 0.2) is 5.69 Å². The maximum atomic E-state index is 12.8. The van der Waals surface area contributed by atoms with Crippen LogP contribution in [0.4, 0.5) is 13.2 Å². The van der Waals surface area contributed by atoms with Gasteiger partial charge in [0.05, 0.1) is 0 Å². The Bertz CT molecular complexity index is 731. The molecule has 1 spiro atoms. The molecule has 0 unspecified atom stereocenters. The van der Waals surface area contributed by atoms with Crippen molar-refractivity contribution in [2.24, 2.45) is 11.3 Å². The van der Waals surface area contributed by atoms with Gasteiger partial charge in [0.2, 0.25) is 5.91 Å². The van der Waals surface area contributed by atoms with E-state index in [0.717, 1.165) is 25.3 Å². The smallest absolute Gasteiger partial charge is 0.342 e. The highest BCUT2D eigenvalue weighted by atomic mass is 19.4. The molecule has 3 heterocycles. The third-order valence-electron chi connectivity index (χ3n) is 5.78. The van der Waals surface area contributed by atoms with E-state index in [4.69, 9.17) is 0 Å². The summed E-state index contributed by atoms with van der Waals surface area (Å²) in [6.07, 6.45) is -0.777. The van der Waals surface area contributed by atoms with Gasteiger partial charge in [-0.15, -0.1) is 0 Å². The molecule has 2 fully saturated rings. The van der Waals surface area contributed by atoms with Crippen LogP contribution in [0.5, 0.6) is 0 Å². The monoisotopic (exact) mass is 400 g/mol. The number of carbonyl (C=O) groups excluding carboxylic acids is 2. The molecule has 1 aromatic heterocycles. The summed E-state index contributed by atoms with van der Waals surface area (Å²) >= 11 is 0. The minimum atomic E-state index is -4.56. The lowest BCUT2D eigenvalue weighted by atomic mass is 9.73. The molecule has 2 saturated heterocycles. The molecule has 1 atom stereocenters. The van der Waals surface area contributed by atoms with Gasteiger partial charge in [-0.1, -0.05) is 13.8 Å². The number of halogens is 3. The van der Waals surface area contributed by atoms with Crippen molar-refractivity contribution < 1.29 is 22.8 Å². The van der Waals surface area contributed by atoms with Gasteiger partial charge in [-0.3, -0.25) is 14.7 Å². The fourth-order valence-electron chi connectivity index (χ4n) is 4.17. The molecule has 9 heteroatoms. The number of piperidine rings is 2. The van der Waals surface area contributed by atoms with Crippen molar-refractivity contribution in [3.05, 3.63) is 17.5 Å². The molecule has 0 aromatic carbocycles. The number of aromatic amines is 1. The van der Waals surface area contributed by atoms with Gasteiger partial charge in [-0.2, -0.15) is 18.3 Å². The van der Waals surface area contributed by atoms with E-state index < -0.39 is 17.8 Å². The number of rotatable bonds is 4. The van der Waals surface area contributed by atoms with E-state index >= 15 is 0 Å². The van der Waals surface area contributed by atoms with Crippen LogP contribution in [0.1, 0.15) is 62.1 Å². The van der Waals surface area contributed by atoms with Gasteiger partial charge in [0, 0.05) is 44.1 Å². The standard InChI is InChI=1S/C19H27F3N4O2/c1-13(2)5-9-25-11-18(7-4-16(25)27)6-3-8-26(12-18)17(28)14-10-15(24-23-14)19(20,21)22/h10,13H,3-9,11-12H2,1-2H3,(H,23,24)/t18-/m1/s1. The largest absolute Gasteiger partial charge is 0.432 e. The van der Waals surface area contributed by atoms with Gasteiger partial charge in [0.1, 0.15) is 5.69 Å². The molecule has 0 aliphatic carbocycles. The maximum Gasteiger partial charge on any atom is 0.432 e. The normalized spacial score (nSPS) is 23.7. The van der Waals surface area contributed by atoms with E-state index in [9.17, 15) is 22.8 Å². The molecule has 0 bridgehead atoms. The predicted octanol–water partition coefficient (Wildman–Crippen LogP) is 3.32. The van der Waals surface area contributed by atoms with E-state index in [-0.39, 0.29) is 17.0 Å². The Balaban J connectivity index is 1.69. The number of H-pyrrole nitrogens is 1. The number of likely N-dealkylation sites (tertiary alicyclic amines) is 2. The highest BCUT2D eigenvalue weighted by Gasteiger charge is 2.43. The highest BCUT2D eigenvalue weighted by Crippen LogP contribution is 2.39. The lowest BCUT2D eigenvalue weighted by molar-refractivity contribution is -0.141. The van der Waals surface area contributed by atoms with Gasteiger partial charge < -0.3 is 9.80 Å². The molecule has 6 nitrogen and oxygen atoms in total. The average molecular weight is 400 g/mol. The third kappa shape index (κ3) is 4.50. The summed E-state index contributed by atoms with van der Waals surface area (Å²) in [6, 6.07) is 0.767. The minimum absolute atomic E-state index is 0.150. The maximum absolute atomic E-state index is 12.8. The van der Waals surface area contributed by atoms with Crippen molar-refractivity contribution >= 4 is 11.8 Å². The zero-order chi connectivity index (χ0) is 20.5. The molecular formula is C19H27F3N4O2. The number of alkyl halides is 3. The molecule has 2 aliphatic heterocycles. The third-order valence-corrected chi connectivity index (χ3v) is 5.78. The molecule has 28 heavy (non-hydrogen) atoms. The first-order chi connectivity index (χ1) is 13.1. The second kappa shape index (κ2) is 7.75. The second-order valence-electron chi connectivity index (χ2n) is 8.49. The second-order valence-corrected chi connectivity index (χ2v) is 8.49. The van der Waals surface area contributed by atoms with Gasteiger partial charge >= 0.3 is 6.18 Å². The molecular weight excluding hydrogens is 373 g/mol. The van der Waals surface area contributed by atoms with Crippen LogP contribution >= 0.6 is 0 Å². The number of hydrogen-bond acceptors (Lipinski definition) is 3. The van der Waals surface area contributed by atoms with E-state index in [1.165, 1.54) is 0 Å². The van der Waals surface area contributed by atoms with Crippen LogP contribution < -0.4 is 0 Å². The van der Waals surface area contributed by atoms with Crippen LogP contribution in [0, 0.1) is 11.3 Å². The topological polar surface area (TPSA) is 69.3 Å². The van der Waals surface area contributed by atoms with Crippen molar-refractivity contribution in [1.29, 1.82) is 0 Å². The van der Waals surface area contributed by atoms with E-state index in [1.807, 2.05) is 10.00 Å². The molecule has 156 valence electrons. The van der Waals surface area contributed by atoms with Crippen LogP contribution in [-0.2, 0) is 11.0 Å². The first-order valence-corrected chi connectivity index (χ1v) is 9.79. The molecule has 0 saturated carbocycles. The molecule has 2 amide bonds. The zero-order valence-corrected chi connectivity index (χ0v) is 16.3. The van der Waals surface area contributed by atoms with Crippen LogP contribution in [0.2, 0.25) is 0 Å². The SMILES string of the molecule is CC(C)CCN1C[C@@]2(CCCN(C(=O)c3cc(C(F)(F)F)[nH]n3)C2)CCC1=O. The molecule has 1 N–H and O–H groups in total. The highest BCUT2D eigenvalue weighted by molar-refractivity contribution is 5.92. The van der Waals surface area contributed by atoms with Crippen LogP contribution in [0.15, 0.2) is 6.07 Å². The summed E-state index contributed by atoms with van der Waals surface area (Å²) in [7, 11) is 0. The fraction of sp³-hybridized carbons (Fsp3) is 0.737. The number of amides is 2. The van der Waals surface area contributed by atoms with E-state index in [2.05, 4.69) is 18.9 Å². The van der Waals surface area contributed by atoms with E-state index in [0.29, 0.717) is 44.9 Å². The predicted molar refractivity (Wildman–Crippen MR) is 96.4 cm³/mol. The summed E-state index contributed by atoms with van der Waals surface area (Å²) in [5, 5.41) is 5.47. The number of hydrogen-bond donors (Lipinski definition) is 1. The van der Waals surface area contributed by atoms with E-state index in [1.54, 1.807) is 4.90 Å². The summed E-state index contributed by atoms with van der Waals surface area (Å²) in [5.41, 5.74) is -1.42. The van der Waals surface area contributed by atoms with Crippen LogP contribution in [-0.4, -0.2) is 58.0 Å². The number of aromatic nitrogens is 2. The summed E-state index contributed by atoms with van der Waals surface area (Å²) in [5.74, 6) is 0.158. The number of nitrogens with one attached hydrogen (secondary N) is 1. The number of nitrogens with zero attached hydrogens (tertiary/aromatic N) is 3. The first kappa shape index (κ1) is 20.7. The fourth-order valence-corrected chi connectivity index (χ4v) is 4.17. The minimum Gasteiger partial charge on any atom is -0.342 e. The summed E-state index contributed by atoms with van der Waals surface area (Å²) in [4.78, 5) is 28.5. The quantitative estimate of drug-likeness (QED) is 0.843. The lowest BCUT2D eigenvalue weighted by Crippen LogP contribution is -2.55. The summed E-state index contributed by atoms with van der Waals surface area (Å²) < 4.78 is 38.3. The molecule has 3 rings (SSSR count). The van der Waals surface area contributed by atoms with Crippen molar-refractivity contribution in [2.75, 3.05) is 26.2 Å². The first-order valence-electron chi connectivity index (χ1n) is 9.79. The van der Waals surface area contributed by atoms with Gasteiger partial charge in [-0.25, -0.2) is 0 Å². The Hall–Kier alpha value is -2.06. The Morgan fingerprint density at radius 3 is 2.71 bits per heavy atom. The Morgan fingerprint density at radius 2 is 2.07 bits per heavy atom. The van der Waals surface area contributed by atoms with Gasteiger partial charge in [-0.05, 0) is 31.6 Å². The van der Waals surface area contributed by atoms with Crippen LogP contribution in [0.3, 0.4) is 0 Å².